The normalized spacial score (nSPS) is 33.2. The van der Waals surface area contributed by atoms with Crippen molar-refractivity contribution in [1.82, 2.24) is 0 Å². The first kappa shape index (κ1) is 12.6. The van der Waals surface area contributed by atoms with E-state index in [9.17, 15) is 5.11 Å². The molecule has 1 N–H and O–H groups in total. The minimum absolute atomic E-state index is 0.294. The first-order valence-electron chi connectivity index (χ1n) is 6.51. The van der Waals surface area contributed by atoms with Gasteiger partial charge in [-0.05, 0) is 35.7 Å². The highest BCUT2D eigenvalue weighted by atomic mass is 16.3. The Balaban J connectivity index is 2.07. The third-order valence-electron chi connectivity index (χ3n) is 3.71. The second-order valence-electron chi connectivity index (χ2n) is 7.30. The first-order chi connectivity index (χ1) is 7.73. The number of benzene rings is 1. The molecular formula is C16H24O. The molecule has 94 valence electrons. The van der Waals surface area contributed by atoms with E-state index in [1.54, 1.807) is 0 Å². The molecule has 2 rings (SSSR count). The van der Waals surface area contributed by atoms with Crippen LogP contribution in [-0.4, -0.2) is 5.11 Å². The number of aliphatic hydroxyl groups is 1. The molecule has 0 bridgehead atoms. The molecule has 1 aromatic rings. The molecule has 1 aliphatic carbocycles. The van der Waals surface area contributed by atoms with Gasteiger partial charge in [0.1, 0.15) is 0 Å². The maximum absolute atomic E-state index is 10.6. The summed E-state index contributed by atoms with van der Waals surface area (Å²) in [4.78, 5) is 0. The summed E-state index contributed by atoms with van der Waals surface area (Å²) in [5.74, 6) is 0. The molecule has 0 saturated heterocycles. The zero-order valence-corrected chi connectivity index (χ0v) is 11.5. The Morgan fingerprint density at radius 3 is 2.12 bits per heavy atom. The van der Waals surface area contributed by atoms with Crippen molar-refractivity contribution in [2.75, 3.05) is 0 Å². The summed E-state index contributed by atoms with van der Waals surface area (Å²) in [7, 11) is 0. The molecule has 1 fully saturated rings. The van der Waals surface area contributed by atoms with Crippen LogP contribution in [0.3, 0.4) is 0 Å². The van der Waals surface area contributed by atoms with Crippen molar-refractivity contribution in [1.29, 1.82) is 0 Å². The van der Waals surface area contributed by atoms with Gasteiger partial charge < -0.3 is 5.11 Å². The second kappa shape index (κ2) is 3.84. The highest BCUT2D eigenvalue weighted by Gasteiger charge is 2.52. The predicted molar refractivity (Wildman–Crippen MR) is 71.8 cm³/mol. The summed E-state index contributed by atoms with van der Waals surface area (Å²) in [5, 5.41) is 10.6. The van der Waals surface area contributed by atoms with E-state index in [1.807, 2.05) is 30.3 Å². The van der Waals surface area contributed by atoms with Crippen LogP contribution in [0.4, 0.5) is 0 Å². The van der Waals surface area contributed by atoms with Gasteiger partial charge in [0, 0.05) is 0 Å². The molecule has 0 atom stereocenters. The molecule has 1 saturated carbocycles. The van der Waals surface area contributed by atoms with Crippen LogP contribution in [0.2, 0.25) is 0 Å². The van der Waals surface area contributed by atoms with E-state index in [0.717, 1.165) is 18.4 Å². The lowest BCUT2D eigenvalue weighted by Crippen LogP contribution is -2.49. The van der Waals surface area contributed by atoms with Gasteiger partial charge in [-0.15, -0.1) is 0 Å². The molecule has 0 aromatic heterocycles. The molecule has 17 heavy (non-hydrogen) atoms. The summed E-state index contributed by atoms with van der Waals surface area (Å²) < 4.78 is 0. The standard InChI is InChI=1S/C16H24O/c1-14(2,3)10-15(4)11-16(17,12-15)13-8-6-5-7-9-13/h5-9,17H,10-12H2,1-4H3. The van der Waals surface area contributed by atoms with Gasteiger partial charge in [-0.1, -0.05) is 58.0 Å². The van der Waals surface area contributed by atoms with E-state index in [4.69, 9.17) is 0 Å². The fourth-order valence-electron chi connectivity index (χ4n) is 3.72. The van der Waals surface area contributed by atoms with Crippen molar-refractivity contribution in [2.24, 2.45) is 10.8 Å². The molecule has 0 aliphatic heterocycles. The molecule has 0 unspecified atom stereocenters. The summed E-state index contributed by atoms with van der Waals surface area (Å²) in [6.45, 7) is 9.13. The molecule has 1 aliphatic rings. The summed E-state index contributed by atoms with van der Waals surface area (Å²) in [6, 6.07) is 10.1. The fraction of sp³-hybridized carbons (Fsp3) is 0.625. The van der Waals surface area contributed by atoms with Gasteiger partial charge in [-0.3, -0.25) is 0 Å². The number of hydrogen-bond acceptors (Lipinski definition) is 1. The Morgan fingerprint density at radius 1 is 1.12 bits per heavy atom. The maximum atomic E-state index is 10.6. The predicted octanol–water partition coefficient (Wildman–Crippen LogP) is 4.11. The summed E-state index contributed by atoms with van der Waals surface area (Å²) >= 11 is 0. The minimum Gasteiger partial charge on any atom is -0.385 e. The lowest BCUT2D eigenvalue weighted by Gasteiger charge is -2.54. The van der Waals surface area contributed by atoms with Gasteiger partial charge in [-0.2, -0.15) is 0 Å². The molecule has 0 amide bonds. The van der Waals surface area contributed by atoms with Crippen molar-refractivity contribution < 1.29 is 5.11 Å². The Hall–Kier alpha value is -0.820. The van der Waals surface area contributed by atoms with Gasteiger partial charge in [0.05, 0.1) is 5.60 Å². The molecular weight excluding hydrogens is 208 g/mol. The van der Waals surface area contributed by atoms with Gasteiger partial charge in [0.15, 0.2) is 0 Å². The zero-order chi connectivity index (χ0) is 12.7. The molecule has 0 heterocycles. The van der Waals surface area contributed by atoms with E-state index in [2.05, 4.69) is 27.7 Å². The average molecular weight is 232 g/mol. The van der Waals surface area contributed by atoms with Crippen LogP contribution in [0.5, 0.6) is 0 Å². The van der Waals surface area contributed by atoms with Crippen molar-refractivity contribution >= 4 is 0 Å². The highest BCUT2D eigenvalue weighted by Crippen LogP contribution is 2.58. The van der Waals surface area contributed by atoms with E-state index in [0.29, 0.717) is 10.8 Å². The van der Waals surface area contributed by atoms with Gasteiger partial charge >= 0.3 is 0 Å². The van der Waals surface area contributed by atoms with E-state index in [1.165, 1.54) is 6.42 Å². The Bertz CT molecular complexity index is 380. The van der Waals surface area contributed by atoms with Crippen molar-refractivity contribution in [3.63, 3.8) is 0 Å². The molecule has 0 spiro atoms. The van der Waals surface area contributed by atoms with E-state index in [-0.39, 0.29) is 0 Å². The van der Waals surface area contributed by atoms with Gasteiger partial charge in [-0.25, -0.2) is 0 Å². The molecule has 1 nitrogen and oxygen atoms in total. The van der Waals surface area contributed by atoms with Gasteiger partial charge in [0.25, 0.3) is 0 Å². The smallest absolute Gasteiger partial charge is 0.0907 e. The third kappa shape index (κ3) is 2.71. The maximum Gasteiger partial charge on any atom is 0.0907 e. The lowest BCUT2D eigenvalue weighted by atomic mass is 9.54. The summed E-state index contributed by atoms with van der Waals surface area (Å²) in [6.07, 6.45) is 2.96. The highest BCUT2D eigenvalue weighted by molar-refractivity contribution is 5.26. The van der Waals surface area contributed by atoms with Crippen LogP contribution in [0.1, 0.15) is 52.5 Å². The minimum atomic E-state index is -0.582. The summed E-state index contributed by atoms with van der Waals surface area (Å²) in [5.41, 5.74) is 1.13. The van der Waals surface area contributed by atoms with Crippen LogP contribution in [-0.2, 0) is 5.60 Å². The molecule has 1 heteroatoms. The number of hydrogen-bond donors (Lipinski definition) is 1. The van der Waals surface area contributed by atoms with Crippen LogP contribution in [0.15, 0.2) is 30.3 Å². The first-order valence-corrected chi connectivity index (χ1v) is 6.51. The van der Waals surface area contributed by atoms with Crippen molar-refractivity contribution in [3.05, 3.63) is 35.9 Å². The largest absolute Gasteiger partial charge is 0.385 e. The fourth-order valence-corrected chi connectivity index (χ4v) is 3.72. The Kier molecular flexibility index (Phi) is 2.86. The zero-order valence-electron chi connectivity index (χ0n) is 11.5. The third-order valence-corrected chi connectivity index (χ3v) is 3.71. The lowest BCUT2D eigenvalue weighted by molar-refractivity contribution is -0.140. The van der Waals surface area contributed by atoms with Crippen molar-refractivity contribution in [2.45, 2.75) is 52.6 Å². The molecule has 0 radical (unpaired) electrons. The van der Waals surface area contributed by atoms with E-state index < -0.39 is 5.60 Å². The van der Waals surface area contributed by atoms with Crippen LogP contribution in [0.25, 0.3) is 0 Å². The van der Waals surface area contributed by atoms with Crippen LogP contribution >= 0.6 is 0 Å². The van der Waals surface area contributed by atoms with Crippen LogP contribution < -0.4 is 0 Å². The number of rotatable bonds is 2. The second-order valence-corrected chi connectivity index (χ2v) is 7.30. The average Bonchev–Trinajstić information content (AvgIpc) is 2.13. The SMILES string of the molecule is CC(C)(C)CC1(C)CC(O)(c2ccccc2)C1. The van der Waals surface area contributed by atoms with Gasteiger partial charge in [0.2, 0.25) is 0 Å². The van der Waals surface area contributed by atoms with E-state index >= 15 is 0 Å². The Morgan fingerprint density at radius 2 is 1.65 bits per heavy atom. The molecule has 1 aromatic carbocycles. The van der Waals surface area contributed by atoms with Crippen molar-refractivity contribution in [3.8, 4) is 0 Å². The Labute approximate surface area is 105 Å². The monoisotopic (exact) mass is 232 g/mol. The van der Waals surface area contributed by atoms with Crippen LogP contribution in [0, 0.1) is 10.8 Å². The quantitative estimate of drug-likeness (QED) is 0.813. The topological polar surface area (TPSA) is 20.2 Å².